The molecule has 1 saturated heterocycles. The second kappa shape index (κ2) is 4.12. The highest BCUT2D eigenvalue weighted by Gasteiger charge is 2.19. The molecule has 1 nitrogen and oxygen atoms in total. The Kier molecular flexibility index (Phi) is 2.96. The predicted molar refractivity (Wildman–Crippen MR) is 71.3 cm³/mol. The lowest BCUT2D eigenvalue weighted by Crippen LogP contribution is -2.20. The number of anilines is 1. The Labute approximate surface area is 99.5 Å². The minimum Gasteiger partial charge on any atom is -0.372 e. The Morgan fingerprint density at radius 3 is 2.25 bits per heavy atom. The van der Waals surface area contributed by atoms with Crippen LogP contribution < -0.4 is 4.90 Å². The van der Waals surface area contributed by atoms with E-state index in [0.29, 0.717) is 0 Å². The van der Waals surface area contributed by atoms with E-state index in [1.54, 1.807) is 0 Å². The van der Waals surface area contributed by atoms with Crippen molar-refractivity contribution in [1.29, 1.82) is 0 Å². The Morgan fingerprint density at radius 2 is 1.69 bits per heavy atom. The van der Waals surface area contributed by atoms with Crippen LogP contribution in [0.5, 0.6) is 0 Å². The number of hydrogen-bond acceptors (Lipinski definition) is 1. The van der Waals surface area contributed by atoms with Gasteiger partial charge in [-0.15, -0.1) is 0 Å². The first-order valence-electron chi connectivity index (χ1n) is 6.34. The summed E-state index contributed by atoms with van der Waals surface area (Å²) in [6, 6.07) is 6.94. The second-order valence-corrected chi connectivity index (χ2v) is 5.94. The van der Waals surface area contributed by atoms with Gasteiger partial charge in [0.05, 0.1) is 0 Å². The third-order valence-corrected chi connectivity index (χ3v) is 3.50. The molecule has 1 aliphatic rings. The van der Waals surface area contributed by atoms with Crippen LogP contribution in [0.2, 0.25) is 0 Å². The largest absolute Gasteiger partial charge is 0.372 e. The number of aryl methyl sites for hydroxylation is 1. The molecule has 16 heavy (non-hydrogen) atoms. The summed E-state index contributed by atoms with van der Waals surface area (Å²) in [4.78, 5) is 2.51. The van der Waals surface area contributed by atoms with Crippen LogP contribution in [0.25, 0.3) is 0 Å². The Balaban J connectivity index is 2.35. The maximum Gasteiger partial charge on any atom is 0.0369 e. The van der Waals surface area contributed by atoms with E-state index in [-0.39, 0.29) is 5.41 Å². The summed E-state index contributed by atoms with van der Waals surface area (Å²) in [7, 11) is 0. The Bertz CT molecular complexity index is 368. The molecule has 88 valence electrons. The second-order valence-electron chi connectivity index (χ2n) is 5.94. The molecule has 1 heteroatoms. The zero-order chi connectivity index (χ0) is 11.8. The lowest BCUT2D eigenvalue weighted by atomic mass is 9.84. The molecule has 0 aromatic heterocycles. The summed E-state index contributed by atoms with van der Waals surface area (Å²) >= 11 is 0. The molecule has 1 aliphatic heterocycles. The van der Waals surface area contributed by atoms with Crippen LogP contribution in [0.1, 0.15) is 44.7 Å². The van der Waals surface area contributed by atoms with E-state index in [2.05, 4.69) is 50.8 Å². The van der Waals surface area contributed by atoms with Gasteiger partial charge in [-0.1, -0.05) is 26.8 Å². The van der Waals surface area contributed by atoms with Crippen LogP contribution in [-0.4, -0.2) is 13.1 Å². The molecule has 0 bridgehead atoms. The highest BCUT2D eigenvalue weighted by Crippen LogP contribution is 2.30. The van der Waals surface area contributed by atoms with Crippen LogP contribution in [0.3, 0.4) is 0 Å². The molecule has 1 aromatic rings. The first kappa shape index (κ1) is 11.5. The summed E-state index contributed by atoms with van der Waals surface area (Å²) in [6.45, 7) is 11.6. The minimum absolute atomic E-state index is 0.250. The zero-order valence-electron chi connectivity index (χ0n) is 11.0. The topological polar surface area (TPSA) is 3.24 Å². The van der Waals surface area contributed by atoms with Crippen molar-refractivity contribution in [1.82, 2.24) is 0 Å². The summed E-state index contributed by atoms with van der Waals surface area (Å²) in [5, 5.41) is 0. The Hall–Kier alpha value is -0.980. The van der Waals surface area contributed by atoms with E-state index < -0.39 is 0 Å². The van der Waals surface area contributed by atoms with Crippen molar-refractivity contribution in [2.45, 2.75) is 46.0 Å². The highest BCUT2D eigenvalue weighted by atomic mass is 15.1. The Morgan fingerprint density at radius 1 is 1.06 bits per heavy atom. The van der Waals surface area contributed by atoms with Crippen molar-refractivity contribution in [2.75, 3.05) is 18.0 Å². The quantitative estimate of drug-likeness (QED) is 0.689. The summed E-state index contributed by atoms with van der Waals surface area (Å²) in [5.41, 5.74) is 4.56. The maximum atomic E-state index is 2.51. The molecule has 0 N–H and O–H groups in total. The first-order chi connectivity index (χ1) is 7.48. The number of nitrogens with zero attached hydrogens (tertiary/aromatic N) is 1. The van der Waals surface area contributed by atoms with Gasteiger partial charge in [0, 0.05) is 18.8 Å². The van der Waals surface area contributed by atoms with Gasteiger partial charge >= 0.3 is 0 Å². The molecule has 0 amide bonds. The van der Waals surface area contributed by atoms with Gasteiger partial charge in [-0.25, -0.2) is 0 Å². The number of benzene rings is 1. The fourth-order valence-electron chi connectivity index (χ4n) is 2.59. The minimum atomic E-state index is 0.250. The van der Waals surface area contributed by atoms with Gasteiger partial charge < -0.3 is 4.90 Å². The molecular weight excluding hydrogens is 194 g/mol. The molecule has 0 unspecified atom stereocenters. The van der Waals surface area contributed by atoms with Gasteiger partial charge in [0.1, 0.15) is 0 Å². The molecular formula is C15H23N. The molecule has 1 heterocycles. The third kappa shape index (κ3) is 2.23. The lowest BCUT2D eigenvalue weighted by molar-refractivity contribution is 0.586. The molecule has 0 spiro atoms. The van der Waals surface area contributed by atoms with Crippen LogP contribution in [0.4, 0.5) is 5.69 Å². The van der Waals surface area contributed by atoms with Crippen molar-refractivity contribution in [3.05, 3.63) is 29.3 Å². The first-order valence-corrected chi connectivity index (χ1v) is 6.34. The van der Waals surface area contributed by atoms with Gasteiger partial charge in [-0.05, 0) is 48.4 Å². The normalized spacial score (nSPS) is 16.9. The summed E-state index contributed by atoms with van der Waals surface area (Å²) in [6.07, 6.45) is 2.69. The van der Waals surface area contributed by atoms with Crippen molar-refractivity contribution in [3.63, 3.8) is 0 Å². The van der Waals surface area contributed by atoms with Crippen molar-refractivity contribution < 1.29 is 0 Å². The third-order valence-electron chi connectivity index (χ3n) is 3.50. The summed E-state index contributed by atoms with van der Waals surface area (Å²) < 4.78 is 0. The average molecular weight is 217 g/mol. The molecule has 0 radical (unpaired) electrons. The zero-order valence-corrected chi connectivity index (χ0v) is 11.0. The van der Waals surface area contributed by atoms with E-state index in [9.17, 15) is 0 Å². The van der Waals surface area contributed by atoms with E-state index >= 15 is 0 Å². The molecule has 0 saturated carbocycles. The standard InChI is InChI=1S/C15H23N/c1-12-7-8-13(16-9-5-6-10-16)11-14(12)15(2,3)4/h7-8,11H,5-6,9-10H2,1-4H3. The van der Waals surface area contributed by atoms with Crippen molar-refractivity contribution in [2.24, 2.45) is 0 Å². The molecule has 0 aliphatic carbocycles. The summed E-state index contributed by atoms with van der Waals surface area (Å²) in [5.74, 6) is 0. The molecule has 1 fully saturated rings. The predicted octanol–water partition coefficient (Wildman–Crippen LogP) is 3.89. The monoisotopic (exact) mass is 217 g/mol. The van der Waals surface area contributed by atoms with Crippen molar-refractivity contribution in [3.8, 4) is 0 Å². The van der Waals surface area contributed by atoms with Gasteiger partial charge in [-0.2, -0.15) is 0 Å². The van der Waals surface area contributed by atoms with Gasteiger partial charge in [-0.3, -0.25) is 0 Å². The molecule has 2 rings (SSSR count). The van der Waals surface area contributed by atoms with Crippen LogP contribution >= 0.6 is 0 Å². The van der Waals surface area contributed by atoms with Crippen LogP contribution in [0, 0.1) is 6.92 Å². The van der Waals surface area contributed by atoms with Crippen LogP contribution in [-0.2, 0) is 5.41 Å². The number of hydrogen-bond donors (Lipinski definition) is 0. The maximum absolute atomic E-state index is 2.51. The lowest BCUT2D eigenvalue weighted by Gasteiger charge is -2.25. The van der Waals surface area contributed by atoms with Gasteiger partial charge in [0.2, 0.25) is 0 Å². The van der Waals surface area contributed by atoms with E-state index in [0.717, 1.165) is 0 Å². The highest BCUT2D eigenvalue weighted by molar-refractivity contribution is 5.53. The smallest absolute Gasteiger partial charge is 0.0369 e. The number of rotatable bonds is 1. The van der Waals surface area contributed by atoms with E-state index in [1.807, 2.05) is 0 Å². The van der Waals surface area contributed by atoms with Crippen molar-refractivity contribution >= 4 is 5.69 Å². The van der Waals surface area contributed by atoms with Gasteiger partial charge in [0.25, 0.3) is 0 Å². The van der Waals surface area contributed by atoms with Crippen LogP contribution in [0.15, 0.2) is 18.2 Å². The van der Waals surface area contributed by atoms with E-state index in [4.69, 9.17) is 0 Å². The molecule has 0 atom stereocenters. The molecule has 1 aromatic carbocycles. The SMILES string of the molecule is Cc1ccc(N2CCCC2)cc1C(C)(C)C. The fourth-order valence-corrected chi connectivity index (χ4v) is 2.59. The van der Waals surface area contributed by atoms with E-state index in [1.165, 1.54) is 42.7 Å². The fraction of sp³-hybridized carbons (Fsp3) is 0.600. The average Bonchev–Trinajstić information content (AvgIpc) is 2.69. The van der Waals surface area contributed by atoms with Gasteiger partial charge in [0.15, 0.2) is 0 Å².